The first-order valence-corrected chi connectivity index (χ1v) is 10.7. The predicted octanol–water partition coefficient (Wildman–Crippen LogP) is 2.30. The largest absolute Gasteiger partial charge is 0.389 e. The van der Waals surface area contributed by atoms with Crippen molar-refractivity contribution in [2.75, 3.05) is 37.6 Å². The van der Waals surface area contributed by atoms with Gasteiger partial charge in [0.15, 0.2) is 5.84 Å². The van der Waals surface area contributed by atoms with Gasteiger partial charge in [-0.05, 0) is 25.5 Å². The lowest BCUT2D eigenvalue weighted by atomic mass is 9.99. The van der Waals surface area contributed by atoms with Gasteiger partial charge in [0.25, 0.3) is 0 Å². The monoisotopic (exact) mass is 417 g/mol. The summed E-state index contributed by atoms with van der Waals surface area (Å²) in [4.78, 5) is 18.0. The summed E-state index contributed by atoms with van der Waals surface area (Å²) in [5.41, 5.74) is 4.41. The molecule has 3 aliphatic heterocycles. The van der Waals surface area contributed by atoms with Gasteiger partial charge < -0.3 is 14.9 Å². The van der Waals surface area contributed by atoms with E-state index in [1.54, 1.807) is 25.7 Å². The summed E-state index contributed by atoms with van der Waals surface area (Å²) in [5, 5.41) is 16.2. The number of anilines is 1. The molecule has 1 unspecified atom stereocenters. The second-order valence-electron chi connectivity index (χ2n) is 8.30. The third-order valence-electron chi connectivity index (χ3n) is 6.12. The molecule has 2 atom stereocenters. The van der Waals surface area contributed by atoms with Crippen molar-refractivity contribution in [3.8, 4) is 0 Å². The van der Waals surface area contributed by atoms with E-state index in [1.165, 1.54) is 11.1 Å². The fourth-order valence-electron chi connectivity index (χ4n) is 4.21. The van der Waals surface area contributed by atoms with Crippen LogP contribution in [0.15, 0.2) is 58.5 Å². The van der Waals surface area contributed by atoms with Gasteiger partial charge in [0, 0.05) is 50.1 Å². The van der Waals surface area contributed by atoms with Gasteiger partial charge in [-0.2, -0.15) is 5.10 Å². The Labute approximate surface area is 182 Å². The lowest BCUT2D eigenvalue weighted by Crippen LogP contribution is -2.51. The van der Waals surface area contributed by atoms with Gasteiger partial charge in [-0.3, -0.25) is 5.01 Å². The zero-order chi connectivity index (χ0) is 21.4. The van der Waals surface area contributed by atoms with Crippen molar-refractivity contribution in [3.63, 3.8) is 0 Å². The van der Waals surface area contributed by atoms with Crippen molar-refractivity contribution in [2.24, 2.45) is 10.1 Å². The molecular formula is C23H27N7O. The van der Waals surface area contributed by atoms with Gasteiger partial charge in [0.2, 0.25) is 5.95 Å². The molecule has 0 radical (unpaired) electrons. The van der Waals surface area contributed by atoms with Crippen molar-refractivity contribution in [1.82, 2.24) is 19.9 Å². The first-order valence-electron chi connectivity index (χ1n) is 10.7. The van der Waals surface area contributed by atoms with E-state index >= 15 is 0 Å². The van der Waals surface area contributed by atoms with Crippen LogP contribution in [0.4, 0.5) is 5.95 Å². The molecule has 0 saturated carbocycles. The van der Waals surface area contributed by atoms with Gasteiger partial charge in [-0.15, -0.1) is 0 Å². The molecule has 1 saturated heterocycles. The molecule has 8 nitrogen and oxygen atoms in total. The first-order chi connectivity index (χ1) is 15.1. The zero-order valence-corrected chi connectivity index (χ0v) is 17.9. The van der Waals surface area contributed by atoms with Crippen molar-refractivity contribution >= 4 is 18.1 Å². The number of hydrogen-bond acceptors (Lipinski definition) is 8. The Morgan fingerprint density at radius 3 is 2.35 bits per heavy atom. The number of benzene rings is 1. The molecule has 160 valence electrons. The minimum Gasteiger partial charge on any atom is -0.389 e. The number of aryl methyl sites for hydroxylation is 1. The van der Waals surface area contributed by atoms with E-state index in [9.17, 15) is 5.11 Å². The smallest absolute Gasteiger partial charge is 0.225 e. The normalized spacial score (nSPS) is 21.6. The summed E-state index contributed by atoms with van der Waals surface area (Å²) < 4.78 is 0. The Morgan fingerprint density at radius 1 is 1.00 bits per heavy atom. The number of amidine groups is 1. The van der Waals surface area contributed by atoms with E-state index in [0.29, 0.717) is 11.9 Å². The SMILES string of the molecule is Cc1ccc(C2C=C3C(N4CCN(c5ncc([C@@H](C)O)cn5)CC4)=NC=NN3C2)cc1. The third kappa shape index (κ3) is 3.90. The summed E-state index contributed by atoms with van der Waals surface area (Å²) in [6.45, 7) is 8.00. The zero-order valence-electron chi connectivity index (χ0n) is 17.9. The van der Waals surface area contributed by atoms with Crippen molar-refractivity contribution < 1.29 is 5.11 Å². The summed E-state index contributed by atoms with van der Waals surface area (Å²) in [5.74, 6) is 2.02. The molecule has 2 aromatic rings. The maximum atomic E-state index is 9.65. The quantitative estimate of drug-likeness (QED) is 0.826. The second-order valence-corrected chi connectivity index (χ2v) is 8.30. The molecular weight excluding hydrogens is 390 g/mol. The van der Waals surface area contributed by atoms with E-state index in [0.717, 1.165) is 49.8 Å². The molecule has 0 spiro atoms. The Balaban J connectivity index is 1.27. The predicted molar refractivity (Wildman–Crippen MR) is 121 cm³/mol. The lowest BCUT2D eigenvalue weighted by molar-refractivity contribution is 0.198. The summed E-state index contributed by atoms with van der Waals surface area (Å²) in [6, 6.07) is 8.74. The van der Waals surface area contributed by atoms with Crippen LogP contribution in [0.2, 0.25) is 0 Å². The highest BCUT2D eigenvalue weighted by atomic mass is 16.3. The number of fused-ring (bicyclic) bond motifs is 1. The van der Waals surface area contributed by atoms with Gasteiger partial charge >= 0.3 is 0 Å². The molecule has 0 aliphatic carbocycles. The van der Waals surface area contributed by atoms with Gasteiger partial charge in [0.1, 0.15) is 6.34 Å². The maximum Gasteiger partial charge on any atom is 0.225 e. The minimum atomic E-state index is -0.553. The van der Waals surface area contributed by atoms with E-state index in [4.69, 9.17) is 0 Å². The highest BCUT2D eigenvalue weighted by Crippen LogP contribution is 2.32. The summed E-state index contributed by atoms with van der Waals surface area (Å²) >= 11 is 0. The Bertz CT molecular complexity index is 1020. The van der Waals surface area contributed by atoms with E-state index in [2.05, 4.69) is 72.1 Å². The molecule has 5 rings (SSSR count). The lowest BCUT2D eigenvalue weighted by Gasteiger charge is -2.38. The van der Waals surface area contributed by atoms with E-state index < -0.39 is 6.10 Å². The van der Waals surface area contributed by atoms with Crippen LogP contribution >= 0.6 is 0 Å². The number of aromatic nitrogens is 2. The molecule has 31 heavy (non-hydrogen) atoms. The van der Waals surface area contributed by atoms with Gasteiger partial charge in [-0.1, -0.05) is 29.8 Å². The van der Waals surface area contributed by atoms with Crippen molar-refractivity contribution in [3.05, 3.63) is 65.1 Å². The number of piperazine rings is 1. The van der Waals surface area contributed by atoms with Crippen molar-refractivity contribution in [1.29, 1.82) is 0 Å². The summed E-state index contributed by atoms with van der Waals surface area (Å²) in [6.07, 6.45) is 6.81. The minimum absolute atomic E-state index is 0.318. The molecule has 3 aliphatic rings. The van der Waals surface area contributed by atoms with Gasteiger partial charge in [0.05, 0.1) is 18.3 Å². The van der Waals surface area contributed by atoms with Crippen LogP contribution in [0.25, 0.3) is 0 Å². The number of hydrogen-bond donors (Lipinski definition) is 1. The Hall–Kier alpha value is -3.26. The molecule has 4 heterocycles. The molecule has 0 amide bonds. The average Bonchev–Trinajstić information content (AvgIpc) is 3.24. The highest BCUT2D eigenvalue weighted by molar-refractivity contribution is 6.03. The third-order valence-corrected chi connectivity index (χ3v) is 6.12. The number of aliphatic imine (C=N–C) groups is 1. The number of aliphatic hydroxyl groups is 1. The fraction of sp³-hybridized carbons (Fsp3) is 0.391. The molecule has 0 bridgehead atoms. The van der Waals surface area contributed by atoms with Crippen LogP contribution in [0.5, 0.6) is 0 Å². The number of nitrogens with zero attached hydrogens (tertiary/aromatic N) is 7. The maximum absolute atomic E-state index is 9.65. The van der Waals surface area contributed by atoms with E-state index in [-0.39, 0.29) is 0 Å². The van der Waals surface area contributed by atoms with Crippen LogP contribution in [0.1, 0.15) is 35.6 Å². The van der Waals surface area contributed by atoms with Crippen molar-refractivity contribution in [2.45, 2.75) is 25.9 Å². The van der Waals surface area contributed by atoms with Crippen LogP contribution < -0.4 is 4.90 Å². The standard InChI is InChI=1S/C23H27N7O/c1-16-3-5-18(6-4-16)19-11-21-22(26-15-27-30(21)14-19)28-7-9-29(10-8-28)23-24-12-20(13-25-23)17(2)31/h3-6,11-13,15,17,19,31H,7-10,14H2,1-2H3/t17-,19?/m1/s1. The van der Waals surface area contributed by atoms with Crippen LogP contribution in [-0.4, -0.2) is 69.9 Å². The first kappa shape index (κ1) is 19.7. The van der Waals surface area contributed by atoms with Crippen LogP contribution in [0, 0.1) is 6.92 Å². The fourth-order valence-corrected chi connectivity index (χ4v) is 4.21. The van der Waals surface area contributed by atoms with Crippen LogP contribution in [-0.2, 0) is 0 Å². The van der Waals surface area contributed by atoms with Crippen LogP contribution in [0.3, 0.4) is 0 Å². The summed E-state index contributed by atoms with van der Waals surface area (Å²) in [7, 11) is 0. The number of aliphatic hydroxyl groups excluding tert-OH is 1. The molecule has 1 N–H and O–H groups in total. The second kappa shape index (κ2) is 8.11. The Morgan fingerprint density at radius 2 is 1.68 bits per heavy atom. The molecule has 1 aromatic carbocycles. The molecule has 8 heteroatoms. The molecule has 1 fully saturated rings. The number of rotatable bonds is 3. The molecule has 1 aromatic heterocycles. The Kier molecular flexibility index (Phi) is 5.15. The topological polar surface area (TPSA) is 80.4 Å². The highest BCUT2D eigenvalue weighted by Gasteiger charge is 2.33. The number of hydrazone groups is 1. The van der Waals surface area contributed by atoms with E-state index in [1.807, 2.05) is 0 Å². The van der Waals surface area contributed by atoms with Gasteiger partial charge in [-0.25, -0.2) is 15.0 Å². The average molecular weight is 418 g/mol.